The number of hydrogen-bond donors (Lipinski definition) is 1. The molecule has 43 heavy (non-hydrogen) atoms. The molecule has 224 valence electrons. The highest BCUT2D eigenvalue weighted by Gasteiger charge is 2.49. The summed E-state index contributed by atoms with van der Waals surface area (Å²) in [5.41, 5.74) is 3.08. The number of carbonyl (C=O) groups is 1. The van der Waals surface area contributed by atoms with E-state index in [0.717, 1.165) is 36.8 Å². The monoisotopic (exact) mass is 601 g/mol. The molecule has 3 unspecified atom stereocenters. The molecule has 6 rings (SSSR count). The minimum atomic E-state index is -3.36. The number of fused-ring (bicyclic) bond motifs is 1. The molecule has 0 amide bonds. The Balaban J connectivity index is 1.22. The van der Waals surface area contributed by atoms with E-state index in [9.17, 15) is 23.6 Å². The zero-order chi connectivity index (χ0) is 30.4. The summed E-state index contributed by atoms with van der Waals surface area (Å²) in [6, 6.07) is 12.1. The number of aromatic nitrogens is 5. The van der Waals surface area contributed by atoms with E-state index in [2.05, 4.69) is 21.1 Å². The number of nitrogens with zero attached hydrogens (tertiary/aromatic N) is 7. The molecule has 1 aliphatic carbocycles. The van der Waals surface area contributed by atoms with Gasteiger partial charge in [-0.1, -0.05) is 30.7 Å². The molecule has 1 aliphatic heterocycles. The van der Waals surface area contributed by atoms with Crippen LogP contribution in [0.4, 0.5) is 0 Å². The largest absolute Gasteiger partial charge is 0.393 e. The van der Waals surface area contributed by atoms with Crippen LogP contribution in [-0.2, 0) is 22.0 Å². The lowest BCUT2D eigenvalue weighted by Gasteiger charge is -2.47. The quantitative estimate of drug-likeness (QED) is 0.305. The first-order chi connectivity index (χ1) is 20.7. The fourth-order valence-electron chi connectivity index (χ4n) is 6.39. The molecule has 4 heterocycles. The first-order valence-electron chi connectivity index (χ1n) is 14.7. The average Bonchev–Trinajstić information content (AvgIpc) is 3.75. The van der Waals surface area contributed by atoms with Gasteiger partial charge in [0.05, 0.1) is 42.2 Å². The fraction of sp³-hybridized carbons (Fsp3) is 0.452. The zero-order valence-electron chi connectivity index (χ0n) is 24.3. The topological polar surface area (TPSA) is 147 Å². The third-order valence-corrected chi connectivity index (χ3v) is 10.9. The highest BCUT2D eigenvalue weighted by molar-refractivity contribution is 7.89. The molecular weight excluding hydrogens is 566 g/mol. The molecule has 0 radical (unpaired) electrons. The van der Waals surface area contributed by atoms with Gasteiger partial charge in [0.1, 0.15) is 11.9 Å². The lowest BCUT2D eigenvalue weighted by atomic mass is 9.89. The summed E-state index contributed by atoms with van der Waals surface area (Å²) >= 11 is 0. The van der Waals surface area contributed by atoms with E-state index >= 15 is 0 Å². The number of benzene rings is 1. The Morgan fingerprint density at radius 3 is 2.63 bits per heavy atom. The fourth-order valence-corrected chi connectivity index (χ4v) is 7.63. The van der Waals surface area contributed by atoms with Gasteiger partial charge in [0.25, 0.3) is 0 Å². The van der Waals surface area contributed by atoms with Gasteiger partial charge in [-0.25, -0.2) is 18.4 Å². The Hall–Kier alpha value is -3.92. The minimum absolute atomic E-state index is 0.00394. The zero-order valence-corrected chi connectivity index (χ0v) is 25.1. The van der Waals surface area contributed by atoms with Gasteiger partial charge in [-0.15, -0.1) is 0 Å². The van der Waals surface area contributed by atoms with Gasteiger partial charge in [0, 0.05) is 36.4 Å². The maximum absolute atomic E-state index is 13.6. The number of aliphatic hydroxyl groups excluding tert-OH is 1. The van der Waals surface area contributed by atoms with Gasteiger partial charge in [0.2, 0.25) is 15.9 Å². The van der Waals surface area contributed by atoms with Gasteiger partial charge in [-0.3, -0.25) is 14.0 Å². The van der Waals surface area contributed by atoms with E-state index in [-0.39, 0.29) is 37.3 Å². The number of sulfonamides is 1. The van der Waals surface area contributed by atoms with Crippen molar-refractivity contribution in [2.75, 3.05) is 18.8 Å². The standard InChI is InChI=1S/C31H35N7O4S/c1-3-43(41,42)36-18-31(19-36,12-13-32)38-17-25(16-35-38)28-26-11-14-37(29(26)34-20-33-28)30(40)21(2)23-9-7-22(8-10-23)15-24-5-4-6-27(24)39/h7-11,14,16-17,20-21,24,27,39H,3-6,12,15,18-19H2,1-2H3. The first-order valence-corrected chi connectivity index (χ1v) is 16.3. The van der Waals surface area contributed by atoms with Gasteiger partial charge < -0.3 is 5.11 Å². The van der Waals surface area contributed by atoms with Crippen LogP contribution in [0.5, 0.6) is 0 Å². The van der Waals surface area contributed by atoms with Crippen molar-refractivity contribution in [2.24, 2.45) is 5.92 Å². The molecule has 3 aromatic heterocycles. The maximum Gasteiger partial charge on any atom is 0.239 e. The lowest BCUT2D eigenvalue weighted by molar-refractivity contribution is 0.0719. The number of carbonyl (C=O) groups excluding carboxylic acids is 1. The molecule has 1 aromatic carbocycles. The Morgan fingerprint density at radius 2 is 1.95 bits per heavy atom. The molecular formula is C31H35N7O4S. The summed E-state index contributed by atoms with van der Waals surface area (Å²) < 4.78 is 29.2. The maximum atomic E-state index is 13.6. The number of hydrogen-bond acceptors (Lipinski definition) is 8. The molecule has 0 spiro atoms. The smallest absolute Gasteiger partial charge is 0.239 e. The van der Waals surface area contributed by atoms with Crippen LogP contribution in [0.3, 0.4) is 0 Å². The van der Waals surface area contributed by atoms with Crippen molar-refractivity contribution in [1.82, 2.24) is 28.6 Å². The third kappa shape index (κ3) is 5.26. The molecule has 0 bridgehead atoms. The first kappa shape index (κ1) is 29.2. The third-order valence-electron chi connectivity index (χ3n) is 9.14. The normalized spacial score (nSPS) is 21.0. The Kier molecular flexibility index (Phi) is 7.66. The highest BCUT2D eigenvalue weighted by atomic mass is 32.2. The summed E-state index contributed by atoms with van der Waals surface area (Å²) in [5.74, 6) is -0.220. The molecule has 1 saturated heterocycles. The predicted octanol–water partition coefficient (Wildman–Crippen LogP) is 3.72. The molecule has 2 aliphatic rings. The summed E-state index contributed by atoms with van der Waals surface area (Å²) in [7, 11) is -3.36. The molecule has 1 N–H and O–H groups in total. The molecule has 2 fully saturated rings. The average molecular weight is 602 g/mol. The van der Waals surface area contributed by atoms with Crippen LogP contribution in [-0.4, -0.2) is 73.0 Å². The summed E-state index contributed by atoms with van der Waals surface area (Å²) in [5, 5.41) is 24.8. The highest BCUT2D eigenvalue weighted by Crippen LogP contribution is 2.36. The van der Waals surface area contributed by atoms with Crippen molar-refractivity contribution in [3.05, 3.63) is 66.4 Å². The van der Waals surface area contributed by atoms with E-state index in [0.29, 0.717) is 28.2 Å². The summed E-state index contributed by atoms with van der Waals surface area (Å²) in [6.45, 7) is 3.85. The van der Waals surface area contributed by atoms with Crippen LogP contribution in [0, 0.1) is 17.2 Å². The Bertz CT molecular complexity index is 1800. The van der Waals surface area contributed by atoms with Crippen LogP contribution < -0.4 is 0 Å². The van der Waals surface area contributed by atoms with Crippen molar-refractivity contribution in [2.45, 2.75) is 63.5 Å². The van der Waals surface area contributed by atoms with Crippen LogP contribution in [0.25, 0.3) is 22.3 Å². The Morgan fingerprint density at radius 1 is 1.19 bits per heavy atom. The van der Waals surface area contributed by atoms with Gasteiger partial charge in [-0.05, 0) is 56.2 Å². The van der Waals surface area contributed by atoms with E-state index in [1.807, 2.05) is 37.3 Å². The van der Waals surface area contributed by atoms with Gasteiger partial charge >= 0.3 is 0 Å². The minimum Gasteiger partial charge on any atom is -0.393 e. The van der Waals surface area contributed by atoms with Crippen molar-refractivity contribution in [3.8, 4) is 17.3 Å². The second-order valence-electron chi connectivity index (χ2n) is 11.8. The van der Waals surface area contributed by atoms with Crippen LogP contribution in [0.15, 0.2) is 55.2 Å². The van der Waals surface area contributed by atoms with E-state index in [1.165, 1.54) is 10.6 Å². The van der Waals surface area contributed by atoms with Crippen LogP contribution in [0.1, 0.15) is 61.4 Å². The predicted molar refractivity (Wildman–Crippen MR) is 161 cm³/mol. The van der Waals surface area contributed by atoms with Crippen molar-refractivity contribution in [3.63, 3.8) is 0 Å². The molecule has 12 heteroatoms. The van der Waals surface area contributed by atoms with Crippen LogP contribution >= 0.6 is 0 Å². The summed E-state index contributed by atoms with van der Waals surface area (Å²) in [4.78, 5) is 22.5. The van der Waals surface area contributed by atoms with Crippen molar-refractivity contribution < 1.29 is 18.3 Å². The molecule has 3 atom stereocenters. The number of rotatable bonds is 9. The van der Waals surface area contributed by atoms with Crippen molar-refractivity contribution >= 4 is 27.0 Å². The van der Waals surface area contributed by atoms with E-state index < -0.39 is 21.5 Å². The molecule has 4 aromatic rings. The lowest BCUT2D eigenvalue weighted by Crippen LogP contribution is -2.64. The molecule has 11 nitrogen and oxygen atoms in total. The van der Waals surface area contributed by atoms with E-state index in [4.69, 9.17) is 0 Å². The van der Waals surface area contributed by atoms with Crippen LogP contribution in [0.2, 0.25) is 0 Å². The summed E-state index contributed by atoms with van der Waals surface area (Å²) in [6.07, 6.45) is 10.3. The SMILES string of the molecule is CCS(=O)(=O)N1CC(CC#N)(n2cc(-c3ncnc4c3ccn4C(=O)C(C)c3ccc(CC4CCCC4O)cc3)cn2)C1. The van der Waals surface area contributed by atoms with Gasteiger partial charge in [-0.2, -0.15) is 14.7 Å². The number of nitriles is 1. The Labute approximate surface area is 250 Å². The molecule has 1 saturated carbocycles. The second kappa shape index (κ2) is 11.3. The second-order valence-corrected chi connectivity index (χ2v) is 14.1. The van der Waals surface area contributed by atoms with E-state index in [1.54, 1.807) is 34.8 Å². The van der Waals surface area contributed by atoms with Gasteiger partial charge in [0.15, 0.2) is 5.65 Å². The number of aliphatic hydroxyl groups is 1. The van der Waals surface area contributed by atoms with Crippen molar-refractivity contribution in [1.29, 1.82) is 5.26 Å².